The van der Waals surface area contributed by atoms with Gasteiger partial charge in [-0.05, 0) is 31.4 Å². The zero-order chi connectivity index (χ0) is 13.0. The summed E-state index contributed by atoms with van der Waals surface area (Å²) in [5.74, 6) is -0.259. The predicted molar refractivity (Wildman–Crippen MR) is 69.6 cm³/mol. The van der Waals surface area contributed by atoms with Crippen molar-refractivity contribution in [1.29, 1.82) is 0 Å². The van der Waals surface area contributed by atoms with Crippen molar-refractivity contribution in [2.24, 2.45) is 0 Å². The highest BCUT2D eigenvalue weighted by molar-refractivity contribution is 5.85. The Kier molecular flexibility index (Phi) is 3.87. The number of hydrogen-bond donors (Lipinski definition) is 1. The van der Waals surface area contributed by atoms with Gasteiger partial charge in [0.2, 0.25) is 0 Å². The van der Waals surface area contributed by atoms with Gasteiger partial charge in [-0.3, -0.25) is 0 Å². The van der Waals surface area contributed by atoms with Crippen molar-refractivity contribution in [3.05, 3.63) is 29.8 Å². The fourth-order valence-electron chi connectivity index (χ4n) is 2.27. The number of carbonyl (C=O) groups excluding carboxylic acids is 1. The highest BCUT2D eigenvalue weighted by Gasteiger charge is 2.41. The van der Waals surface area contributed by atoms with Crippen LogP contribution in [0.25, 0.3) is 0 Å². The first-order valence-electron chi connectivity index (χ1n) is 6.18. The molecule has 0 aromatic heterocycles. The highest BCUT2D eigenvalue weighted by atomic mass is 16.5. The Labute approximate surface area is 107 Å². The summed E-state index contributed by atoms with van der Waals surface area (Å²) in [4.78, 5) is 12.0. The third kappa shape index (κ3) is 2.48. The standard InChI is InChI=1S/C14H19NO3/c1-11-6-3-4-7-12(11)15-14(13(16)17-2)8-5-9-18-10-14/h3-4,6-7,15H,5,8-10H2,1-2H3. The van der Waals surface area contributed by atoms with E-state index in [0.29, 0.717) is 13.2 Å². The van der Waals surface area contributed by atoms with E-state index < -0.39 is 5.54 Å². The second-order valence-electron chi connectivity index (χ2n) is 4.67. The maximum Gasteiger partial charge on any atom is 0.333 e. The molecule has 0 spiro atoms. The molecule has 18 heavy (non-hydrogen) atoms. The van der Waals surface area contributed by atoms with E-state index in [2.05, 4.69) is 5.32 Å². The SMILES string of the molecule is COC(=O)C1(Nc2ccccc2C)CCCOC1. The smallest absolute Gasteiger partial charge is 0.333 e. The van der Waals surface area contributed by atoms with E-state index in [1.165, 1.54) is 7.11 Å². The molecule has 1 heterocycles. The molecule has 1 unspecified atom stereocenters. The van der Waals surface area contributed by atoms with E-state index in [4.69, 9.17) is 9.47 Å². The van der Waals surface area contributed by atoms with E-state index in [0.717, 1.165) is 24.1 Å². The molecule has 1 N–H and O–H groups in total. The third-order valence-electron chi connectivity index (χ3n) is 3.34. The first-order chi connectivity index (χ1) is 8.68. The predicted octanol–water partition coefficient (Wildman–Crippen LogP) is 2.13. The topological polar surface area (TPSA) is 47.6 Å². The molecular formula is C14H19NO3. The van der Waals surface area contributed by atoms with Crippen LogP contribution >= 0.6 is 0 Å². The molecule has 0 radical (unpaired) electrons. The summed E-state index contributed by atoms with van der Waals surface area (Å²) >= 11 is 0. The number of ether oxygens (including phenoxy) is 2. The molecule has 1 atom stereocenters. The second-order valence-corrected chi connectivity index (χ2v) is 4.67. The largest absolute Gasteiger partial charge is 0.467 e. The number of methoxy groups -OCH3 is 1. The lowest BCUT2D eigenvalue weighted by atomic mass is 9.91. The Balaban J connectivity index is 2.25. The molecular weight excluding hydrogens is 230 g/mol. The number of nitrogens with one attached hydrogen (secondary N) is 1. The van der Waals surface area contributed by atoms with E-state index in [1.807, 2.05) is 31.2 Å². The lowest BCUT2D eigenvalue weighted by molar-refractivity contribution is -0.150. The van der Waals surface area contributed by atoms with E-state index in [9.17, 15) is 4.79 Å². The van der Waals surface area contributed by atoms with Crippen molar-refractivity contribution in [1.82, 2.24) is 0 Å². The van der Waals surface area contributed by atoms with Crippen LogP contribution in [0.15, 0.2) is 24.3 Å². The number of aryl methyl sites for hydroxylation is 1. The highest BCUT2D eigenvalue weighted by Crippen LogP contribution is 2.27. The molecule has 1 aromatic carbocycles. The van der Waals surface area contributed by atoms with Gasteiger partial charge in [-0.15, -0.1) is 0 Å². The number of anilines is 1. The quantitative estimate of drug-likeness (QED) is 0.834. The van der Waals surface area contributed by atoms with Crippen LogP contribution in [0.1, 0.15) is 18.4 Å². The minimum atomic E-state index is -0.751. The van der Waals surface area contributed by atoms with Gasteiger partial charge in [0.1, 0.15) is 0 Å². The molecule has 1 aliphatic rings. The summed E-state index contributed by atoms with van der Waals surface area (Å²) in [5.41, 5.74) is 1.30. The summed E-state index contributed by atoms with van der Waals surface area (Å²) in [7, 11) is 1.41. The Morgan fingerprint density at radius 1 is 1.44 bits per heavy atom. The number of benzene rings is 1. The van der Waals surface area contributed by atoms with Crippen molar-refractivity contribution in [3.63, 3.8) is 0 Å². The zero-order valence-corrected chi connectivity index (χ0v) is 10.9. The van der Waals surface area contributed by atoms with Crippen LogP contribution in [0.5, 0.6) is 0 Å². The molecule has 4 nitrogen and oxygen atoms in total. The van der Waals surface area contributed by atoms with Gasteiger partial charge in [-0.25, -0.2) is 4.79 Å². The van der Waals surface area contributed by atoms with Crippen LogP contribution in [0, 0.1) is 6.92 Å². The Morgan fingerprint density at radius 3 is 2.83 bits per heavy atom. The van der Waals surface area contributed by atoms with Crippen LogP contribution in [-0.4, -0.2) is 31.8 Å². The Hall–Kier alpha value is -1.55. The number of carbonyl (C=O) groups is 1. The monoisotopic (exact) mass is 249 g/mol. The van der Waals surface area contributed by atoms with Gasteiger partial charge < -0.3 is 14.8 Å². The molecule has 0 aliphatic carbocycles. The van der Waals surface area contributed by atoms with E-state index in [1.54, 1.807) is 0 Å². The molecule has 98 valence electrons. The normalized spacial score (nSPS) is 23.4. The summed E-state index contributed by atoms with van der Waals surface area (Å²) in [6.45, 7) is 3.07. The van der Waals surface area contributed by atoms with Crippen molar-refractivity contribution in [2.75, 3.05) is 25.6 Å². The average molecular weight is 249 g/mol. The number of para-hydroxylation sites is 1. The van der Waals surface area contributed by atoms with Crippen LogP contribution in [0.4, 0.5) is 5.69 Å². The van der Waals surface area contributed by atoms with Crippen molar-refractivity contribution in [2.45, 2.75) is 25.3 Å². The molecule has 4 heteroatoms. The summed E-state index contributed by atoms with van der Waals surface area (Å²) in [6.07, 6.45) is 1.59. The Morgan fingerprint density at radius 2 is 2.22 bits per heavy atom. The maximum atomic E-state index is 12.0. The molecule has 1 saturated heterocycles. The van der Waals surface area contributed by atoms with E-state index in [-0.39, 0.29) is 5.97 Å². The molecule has 0 bridgehead atoms. The van der Waals surface area contributed by atoms with Crippen LogP contribution in [0.3, 0.4) is 0 Å². The minimum Gasteiger partial charge on any atom is -0.467 e. The fraction of sp³-hybridized carbons (Fsp3) is 0.500. The van der Waals surface area contributed by atoms with Gasteiger partial charge in [0, 0.05) is 12.3 Å². The minimum absolute atomic E-state index is 0.259. The zero-order valence-electron chi connectivity index (χ0n) is 10.9. The molecule has 1 aliphatic heterocycles. The van der Waals surface area contributed by atoms with Gasteiger partial charge in [0.25, 0.3) is 0 Å². The summed E-state index contributed by atoms with van der Waals surface area (Å²) in [6, 6.07) is 7.90. The average Bonchev–Trinajstić information content (AvgIpc) is 2.41. The van der Waals surface area contributed by atoms with Gasteiger partial charge in [-0.2, -0.15) is 0 Å². The van der Waals surface area contributed by atoms with Crippen molar-refractivity contribution >= 4 is 11.7 Å². The Bertz CT molecular complexity index is 425. The van der Waals surface area contributed by atoms with Gasteiger partial charge in [0.15, 0.2) is 5.54 Å². The molecule has 0 saturated carbocycles. The number of rotatable bonds is 3. The molecule has 1 aromatic rings. The van der Waals surface area contributed by atoms with Crippen LogP contribution in [0.2, 0.25) is 0 Å². The first-order valence-corrected chi connectivity index (χ1v) is 6.18. The lowest BCUT2D eigenvalue weighted by Gasteiger charge is -2.36. The third-order valence-corrected chi connectivity index (χ3v) is 3.34. The fourth-order valence-corrected chi connectivity index (χ4v) is 2.27. The second kappa shape index (κ2) is 5.40. The first kappa shape index (κ1) is 12.9. The van der Waals surface area contributed by atoms with Crippen LogP contribution in [-0.2, 0) is 14.3 Å². The maximum absolute atomic E-state index is 12.0. The summed E-state index contributed by atoms with van der Waals surface area (Å²) < 4.78 is 10.4. The molecule has 0 amide bonds. The van der Waals surface area contributed by atoms with Crippen LogP contribution < -0.4 is 5.32 Å². The van der Waals surface area contributed by atoms with E-state index >= 15 is 0 Å². The van der Waals surface area contributed by atoms with Crippen molar-refractivity contribution < 1.29 is 14.3 Å². The van der Waals surface area contributed by atoms with Gasteiger partial charge in [-0.1, -0.05) is 18.2 Å². The lowest BCUT2D eigenvalue weighted by Crippen LogP contribution is -2.53. The van der Waals surface area contributed by atoms with Crippen molar-refractivity contribution in [3.8, 4) is 0 Å². The molecule has 2 rings (SSSR count). The molecule has 1 fully saturated rings. The van der Waals surface area contributed by atoms with Gasteiger partial charge >= 0.3 is 5.97 Å². The number of hydrogen-bond acceptors (Lipinski definition) is 4. The summed E-state index contributed by atoms with van der Waals surface area (Å²) in [5, 5.41) is 3.31. The number of esters is 1. The van der Waals surface area contributed by atoms with Gasteiger partial charge in [0.05, 0.1) is 13.7 Å².